The second-order valence-electron chi connectivity index (χ2n) is 6.29. The van der Waals surface area contributed by atoms with Crippen molar-refractivity contribution >= 4 is 24.0 Å². The van der Waals surface area contributed by atoms with Crippen LogP contribution in [0, 0.1) is 6.92 Å². The van der Waals surface area contributed by atoms with Gasteiger partial charge in [0.25, 0.3) is 0 Å². The summed E-state index contributed by atoms with van der Waals surface area (Å²) in [6, 6.07) is 20.0. The molecule has 0 aliphatic heterocycles. The van der Waals surface area contributed by atoms with E-state index in [1.54, 1.807) is 31.2 Å². The zero-order chi connectivity index (χ0) is 20.6. The van der Waals surface area contributed by atoms with Gasteiger partial charge in [-0.3, -0.25) is 4.79 Å². The Morgan fingerprint density at radius 2 is 1.59 bits per heavy atom. The highest BCUT2D eigenvalue weighted by molar-refractivity contribution is 6.30. The average molecular weight is 411 g/mol. The molecule has 0 saturated heterocycles. The van der Waals surface area contributed by atoms with Gasteiger partial charge in [-0.1, -0.05) is 48.0 Å². The quantitative estimate of drug-likeness (QED) is 0.293. The van der Waals surface area contributed by atoms with Crippen LogP contribution < -0.4 is 9.47 Å². The van der Waals surface area contributed by atoms with E-state index in [0.717, 1.165) is 5.56 Å². The molecule has 3 rings (SSSR count). The molecular weight excluding hydrogens is 392 g/mol. The third kappa shape index (κ3) is 5.59. The molecule has 0 atom stereocenters. The van der Waals surface area contributed by atoms with Crippen LogP contribution in [0.2, 0.25) is 5.02 Å². The lowest BCUT2D eigenvalue weighted by Gasteiger charge is -2.13. The summed E-state index contributed by atoms with van der Waals surface area (Å²) < 4.78 is 16.1. The van der Waals surface area contributed by atoms with Crippen molar-refractivity contribution in [2.45, 2.75) is 20.1 Å². The van der Waals surface area contributed by atoms with Gasteiger partial charge in [0, 0.05) is 16.7 Å². The fourth-order valence-electron chi connectivity index (χ4n) is 2.81. The lowest BCUT2D eigenvalue weighted by atomic mass is 10.0. The van der Waals surface area contributed by atoms with Crippen LogP contribution in [0.4, 0.5) is 0 Å². The molecule has 6 heteroatoms. The van der Waals surface area contributed by atoms with Crippen molar-refractivity contribution in [2.75, 3.05) is 0 Å². The number of rotatable bonds is 8. The molecule has 0 aliphatic rings. The van der Waals surface area contributed by atoms with Crippen LogP contribution >= 0.6 is 11.6 Å². The lowest BCUT2D eigenvalue weighted by molar-refractivity contribution is -0.123. The molecule has 0 aromatic heterocycles. The van der Waals surface area contributed by atoms with E-state index < -0.39 is 5.97 Å². The number of hydrogen-bond donors (Lipinski definition) is 0. The van der Waals surface area contributed by atoms with Crippen LogP contribution in [0.5, 0.6) is 11.5 Å². The molecule has 0 saturated carbocycles. The van der Waals surface area contributed by atoms with Gasteiger partial charge in [0.05, 0.1) is 5.56 Å². The molecule has 0 amide bonds. The normalized spacial score (nSPS) is 10.3. The number of carbonyl (C=O) groups excluding carboxylic acids is 2. The third-order valence-electron chi connectivity index (χ3n) is 4.24. The summed E-state index contributed by atoms with van der Waals surface area (Å²) in [5.41, 5.74) is 2.66. The molecule has 0 radical (unpaired) electrons. The predicted octanol–water partition coefficient (Wildman–Crippen LogP) is 5.12. The van der Waals surface area contributed by atoms with Gasteiger partial charge in [-0.05, 0) is 42.3 Å². The second kappa shape index (κ2) is 9.75. The van der Waals surface area contributed by atoms with Gasteiger partial charge in [0.2, 0.25) is 0 Å². The number of esters is 1. The van der Waals surface area contributed by atoms with Crippen LogP contribution in [-0.4, -0.2) is 12.4 Å². The fraction of sp³-hybridized carbons (Fsp3) is 0.130. The molecule has 148 valence electrons. The van der Waals surface area contributed by atoms with E-state index in [2.05, 4.69) is 4.74 Å². The molecule has 0 spiro atoms. The Labute approximate surface area is 173 Å². The van der Waals surface area contributed by atoms with Gasteiger partial charge in [-0.2, -0.15) is 0 Å². The Balaban J connectivity index is 1.67. The first-order valence-electron chi connectivity index (χ1n) is 8.90. The Kier molecular flexibility index (Phi) is 6.87. The van der Waals surface area contributed by atoms with Crippen LogP contribution in [-0.2, 0) is 22.7 Å². The van der Waals surface area contributed by atoms with Crippen molar-refractivity contribution < 1.29 is 23.8 Å². The van der Waals surface area contributed by atoms with Crippen molar-refractivity contribution in [3.8, 4) is 11.5 Å². The number of hydrogen-bond acceptors (Lipinski definition) is 5. The maximum atomic E-state index is 12.1. The summed E-state index contributed by atoms with van der Waals surface area (Å²) in [5.74, 6) is 0.550. The summed E-state index contributed by atoms with van der Waals surface area (Å²) in [7, 11) is 0. The van der Waals surface area contributed by atoms with Crippen LogP contribution in [0.15, 0.2) is 66.7 Å². The van der Waals surface area contributed by atoms with Crippen LogP contribution in [0.3, 0.4) is 0 Å². The summed E-state index contributed by atoms with van der Waals surface area (Å²) in [5, 5.41) is 0.677. The lowest BCUT2D eigenvalue weighted by Crippen LogP contribution is -2.11. The molecule has 0 aliphatic carbocycles. The maximum Gasteiger partial charge on any atom is 0.346 e. The number of carbonyl (C=O) groups is 2. The average Bonchev–Trinajstić information content (AvgIpc) is 2.72. The Morgan fingerprint density at radius 3 is 2.28 bits per heavy atom. The first kappa shape index (κ1) is 20.4. The molecular formula is C23H19ClO5. The molecule has 0 bridgehead atoms. The Hall–Kier alpha value is -3.31. The Bertz CT molecular complexity index is 998. The van der Waals surface area contributed by atoms with Gasteiger partial charge >= 0.3 is 12.4 Å². The standard InChI is InChI=1S/C23H19ClO5/c1-16-4-2-5-18(22(16)23(26)29-15-25)14-28-21-7-3-6-20(12-21)27-13-17-8-10-19(24)11-9-17/h2-12,15H,13-14H2,1H3. The third-order valence-corrected chi connectivity index (χ3v) is 4.49. The summed E-state index contributed by atoms with van der Waals surface area (Å²) in [4.78, 5) is 22.6. The van der Waals surface area contributed by atoms with E-state index in [9.17, 15) is 9.59 Å². The molecule has 5 nitrogen and oxygen atoms in total. The molecule has 0 heterocycles. The summed E-state index contributed by atoms with van der Waals surface area (Å²) in [6.07, 6.45) is 0. The van der Waals surface area contributed by atoms with Crippen molar-refractivity contribution in [1.82, 2.24) is 0 Å². The van der Waals surface area contributed by atoms with Gasteiger partial charge in [0.1, 0.15) is 24.7 Å². The van der Waals surface area contributed by atoms with Crippen molar-refractivity contribution in [1.29, 1.82) is 0 Å². The molecule has 29 heavy (non-hydrogen) atoms. The smallest absolute Gasteiger partial charge is 0.346 e. The monoisotopic (exact) mass is 410 g/mol. The van der Waals surface area contributed by atoms with Gasteiger partial charge in [-0.15, -0.1) is 0 Å². The van der Waals surface area contributed by atoms with Gasteiger partial charge < -0.3 is 14.2 Å². The maximum absolute atomic E-state index is 12.1. The summed E-state index contributed by atoms with van der Waals surface area (Å²) in [6.45, 7) is 2.45. The SMILES string of the molecule is Cc1cccc(COc2cccc(OCc3ccc(Cl)cc3)c2)c1C(=O)OC=O. The molecule has 0 N–H and O–H groups in total. The zero-order valence-electron chi connectivity index (χ0n) is 15.8. The highest BCUT2D eigenvalue weighted by Crippen LogP contribution is 2.23. The number of ether oxygens (including phenoxy) is 3. The number of benzene rings is 3. The minimum Gasteiger partial charge on any atom is -0.489 e. The molecule has 0 fully saturated rings. The second-order valence-corrected chi connectivity index (χ2v) is 6.73. The largest absolute Gasteiger partial charge is 0.489 e. The topological polar surface area (TPSA) is 61.8 Å². The minimum absolute atomic E-state index is 0.126. The summed E-state index contributed by atoms with van der Waals surface area (Å²) >= 11 is 5.89. The van der Waals surface area contributed by atoms with E-state index >= 15 is 0 Å². The molecule has 0 unspecified atom stereocenters. The van der Waals surface area contributed by atoms with Crippen LogP contribution in [0.25, 0.3) is 0 Å². The van der Waals surface area contributed by atoms with Crippen molar-refractivity contribution in [3.05, 3.63) is 94.0 Å². The van der Waals surface area contributed by atoms with Gasteiger partial charge in [0.15, 0.2) is 0 Å². The van der Waals surface area contributed by atoms with Crippen molar-refractivity contribution in [3.63, 3.8) is 0 Å². The highest BCUT2D eigenvalue weighted by atomic mass is 35.5. The van der Waals surface area contributed by atoms with Crippen LogP contribution in [0.1, 0.15) is 27.0 Å². The zero-order valence-corrected chi connectivity index (χ0v) is 16.5. The van der Waals surface area contributed by atoms with E-state index in [1.165, 1.54) is 0 Å². The van der Waals surface area contributed by atoms with E-state index in [0.29, 0.717) is 39.8 Å². The molecule has 3 aromatic rings. The fourth-order valence-corrected chi connectivity index (χ4v) is 2.93. The van der Waals surface area contributed by atoms with E-state index in [1.807, 2.05) is 42.5 Å². The van der Waals surface area contributed by atoms with Crippen molar-refractivity contribution in [2.24, 2.45) is 0 Å². The number of aryl methyl sites for hydroxylation is 1. The van der Waals surface area contributed by atoms with Gasteiger partial charge in [-0.25, -0.2) is 4.79 Å². The van der Waals surface area contributed by atoms with E-state index in [-0.39, 0.29) is 13.1 Å². The van der Waals surface area contributed by atoms with E-state index in [4.69, 9.17) is 21.1 Å². The number of halogens is 1. The highest BCUT2D eigenvalue weighted by Gasteiger charge is 2.16. The first-order valence-corrected chi connectivity index (χ1v) is 9.28. The molecule has 3 aromatic carbocycles. The minimum atomic E-state index is -0.697. The Morgan fingerprint density at radius 1 is 0.931 bits per heavy atom. The predicted molar refractivity (Wildman–Crippen MR) is 109 cm³/mol. The first-order chi connectivity index (χ1) is 14.1.